The number of esters is 1. The van der Waals surface area contributed by atoms with Crippen LogP contribution in [0.5, 0.6) is 5.88 Å². The van der Waals surface area contributed by atoms with E-state index in [0.717, 1.165) is 0 Å². The first-order valence-corrected chi connectivity index (χ1v) is 5.41. The van der Waals surface area contributed by atoms with Crippen LogP contribution in [0.3, 0.4) is 0 Å². The van der Waals surface area contributed by atoms with Gasteiger partial charge in [0.1, 0.15) is 5.82 Å². The number of methoxy groups -OCH3 is 1. The van der Waals surface area contributed by atoms with E-state index in [-0.39, 0.29) is 18.5 Å². The second-order valence-corrected chi connectivity index (χ2v) is 3.66. The lowest BCUT2D eigenvalue weighted by molar-refractivity contribution is -0.140. The minimum absolute atomic E-state index is 0.0506. The Hall–Kier alpha value is -1.85. The van der Waals surface area contributed by atoms with Crippen molar-refractivity contribution in [1.29, 1.82) is 0 Å². The van der Waals surface area contributed by atoms with Crippen LogP contribution in [-0.4, -0.2) is 35.7 Å². The minimum Gasteiger partial charge on any atom is -0.474 e. The number of aromatic nitrogens is 2. The maximum Gasteiger partial charge on any atom is 0.307 e. The Morgan fingerprint density at radius 2 is 2.24 bits per heavy atom. The van der Waals surface area contributed by atoms with Crippen molar-refractivity contribution in [2.24, 2.45) is 0 Å². The Balaban J connectivity index is 2.45. The number of carbonyl (C=O) groups excluding carboxylic acids is 1. The first-order chi connectivity index (χ1) is 8.11. The van der Waals surface area contributed by atoms with Crippen molar-refractivity contribution >= 4 is 11.8 Å². The van der Waals surface area contributed by atoms with E-state index in [2.05, 4.69) is 20.0 Å². The molecule has 0 bridgehead atoms. The normalized spacial score (nSPS) is 10.1. The van der Waals surface area contributed by atoms with Crippen LogP contribution in [-0.2, 0) is 9.53 Å². The van der Waals surface area contributed by atoms with Gasteiger partial charge in [0.25, 0.3) is 0 Å². The maximum atomic E-state index is 10.9. The van der Waals surface area contributed by atoms with Crippen molar-refractivity contribution in [3.63, 3.8) is 0 Å². The summed E-state index contributed by atoms with van der Waals surface area (Å²) in [6.45, 7) is 4.28. The third-order valence-corrected chi connectivity index (χ3v) is 1.83. The highest BCUT2D eigenvalue weighted by Crippen LogP contribution is 2.10. The summed E-state index contributed by atoms with van der Waals surface area (Å²) < 4.78 is 9.92. The van der Waals surface area contributed by atoms with Crippen LogP contribution >= 0.6 is 0 Å². The van der Waals surface area contributed by atoms with E-state index in [1.54, 1.807) is 12.4 Å². The zero-order valence-electron chi connectivity index (χ0n) is 10.3. The molecule has 6 nitrogen and oxygen atoms in total. The zero-order valence-corrected chi connectivity index (χ0v) is 10.3. The van der Waals surface area contributed by atoms with Crippen molar-refractivity contribution in [3.8, 4) is 5.88 Å². The van der Waals surface area contributed by atoms with Crippen molar-refractivity contribution < 1.29 is 14.3 Å². The Morgan fingerprint density at radius 3 is 2.88 bits per heavy atom. The topological polar surface area (TPSA) is 73.3 Å². The minimum atomic E-state index is -0.264. The number of hydrogen-bond donors (Lipinski definition) is 1. The molecule has 94 valence electrons. The highest BCUT2D eigenvalue weighted by Gasteiger charge is 2.03. The van der Waals surface area contributed by atoms with Gasteiger partial charge in [0, 0.05) is 6.54 Å². The summed E-state index contributed by atoms with van der Waals surface area (Å²) in [4.78, 5) is 19.1. The summed E-state index contributed by atoms with van der Waals surface area (Å²) in [6, 6.07) is 0. The molecule has 0 saturated carbocycles. The van der Waals surface area contributed by atoms with Gasteiger partial charge in [-0.25, -0.2) is 0 Å². The molecule has 0 aliphatic heterocycles. The van der Waals surface area contributed by atoms with Crippen LogP contribution in [0.4, 0.5) is 5.82 Å². The van der Waals surface area contributed by atoms with E-state index in [1.165, 1.54) is 7.11 Å². The number of nitrogens with one attached hydrogen (secondary N) is 1. The summed E-state index contributed by atoms with van der Waals surface area (Å²) in [5.41, 5.74) is 0. The van der Waals surface area contributed by atoms with E-state index in [9.17, 15) is 4.79 Å². The Labute approximate surface area is 100 Å². The number of ether oxygens (including phenoxy) is 2. The van der Waals surface area contributed by atoms with Crippen LogP contribution in [0, 0.1) is 0 Å². The van der Waals surface area contributed by atoms with Crippen molar-refractivity contribution in [2.75, 3.05) is 19.0 Å². The van der Waals surface area contributed by atoms with Gasteiger partial charge >= 0.3 is 5.97 Å². The predicted octanol–water partition coefficient (Wildman–Crippen LogP) is 1.24. The average molecular weight is 239 g/mol. The number of carbonyl (C=O) groups is 1. The molecule has 0 aliphatic carbocycles. The molecule has 1 N–H and O–H groups in total. The monoisotopic (exact) mass is 239 g/mol. The van der Waals surface area contributed by atoms with E-state index >= 15 is 0 Å². The standard InChI is InChI=1S/C11H17N3O3/c1-8(2)17-10-7-12-6-9(14-10)13-5-4-11(15)16-3/h6-8H,4-5H2,1-3H3,(H,13,14). The average Bonchev–Trinajstić information content (AvgIpc) is 2.28. The van der Waals surface area contributed by atoms with Crippen LogP contribution in [0.2, 0.25) is 0 Å². The number of nitrogens with zero attached hydrogens (tertiary/aromatic N) is 2. The molecule has 1 aromatic rings. The second-order valence-electron chi connectivity index (χ2n) is 3.66. The summed E-state index contributed by atoms with van der Waals surface area (Å²) in [6.07, 6.45) is 3.46. The summed E-state index contributed by atoms with van der Waals surface area (Å²) in [5.74, 6) is 0.773. The van der Waals surface area contributed by atoms with E-state index in [4.69, 9.17) is 4.74 Å². The fourth-order valence-corrected chi connectivity index (χ4v) is 1.13. The lowest BCUT2D eigenvalue weighted by Gasteiger charge is -2.09. The number of anilines is 1. The molecular weight excluding hydrogens is 222 g/mol. The Morgan fingerprint density at radius 1 is 1.47 bits per heavy atom. The molecule has 0 saturated heterocycles. The molecule has 17 heavy (non-hydrogen) atoms. The first kappa shape index (κ1) is 13.2. The largest absolute Gasteiger partial charge is 0.474 e. The van der Waals surface area contributed by atoms with Gasteiger partial charge in [-0.15, -0.1) is 0 Å². The zero-order chi connectivity index (χ0) is 12.7. The van der Waals surface area contributed by atoms with Crippen LogP contribution in [0.15, 0.2) is 12.4 Å². The van der Waals surface area contributed by atoms with Gasteiger partial charge in [0.15, 0.2) is 0 Å². The molecule has 1 rings (SSSR count). The van der Waals surface area contributed by atoms with Crippen LogP contribution in [0.1, 0.15) is 20.3 Å². The van der Waals surface area contributed by atoms with Gasteiger partial charge in [-0.05, 0) is 13.8 Å². The molecule has 6 heteroatoms. The van der Waals surface area contributed by atoms with Crippen LogP contribution in [0.25, 0.3) is 0 Å². The fourth-order valence-electron chi connectivity index (χ4n) is 1.13. The summed E-state index contributed by atoms with van der Waals surface area (Å²) in [5, 5.41) is 2.97. The molecule has 1 aromatic heterocycles. The SMILES string of the molecule is COC(=O)CCNc1cncc(OC(C)C)n1. The quantitative estimate of drug-likeness (QED) is 0.753. The molecule has 0 spiro atoms. The van der Waals surface area contributed by atoms with Crippen LogP contribution < -0.4 is 10.1 Å². The van der Waals surface area contributed by atoms with Gasteiger partial charge in [0.05, 0.1) is 32.0 Å². The summed E-state index contributed by atoms with van der Waals surface area (Å²) >= 11 is 0. The van der Waals surface area contributed by atoms with E-state index in [0.29, 0.717) is 18.2 Å². The lowest BCUT2D eigenvalue weighted by Crippen LogP contribution is -2.12. The molecule has 0 amide bonds. The highest BCUT2D eigenvalue weighted by molar-refractivity contribution is 5.69. The molecule has 0 atom stereocenters. The third kappa shape index (κ3) is 5.14. The van der Waals surface area contributed by atoms with E-state index in [1.807, 2.05) is 13.8 Å². The van der Waals surface area contributed by atoms with Crippen molar-refractivity contribution in [1.82, 2.24) is 9.97 Å². The highest BCUT2D eigenvalue weighted by atomic mass is 16.5. The fraction of sp³-hybridized carbons (Fsp3) is 0.545. The molecule has 0 aliphatic rings. The number of hydrogen-bond acceptors (Lipinski definition) is 6. The van der Waals surface area contributed by atoms with E-state index < -0.39 is 0 Å². The van der Waals surface area contributed by atoms with Crippen molar-refractivity contribution in [2.45, 2.75) is 26.4 Å². The number of rotatable bonds is 6. The molecule has 0 unspecified atom stereocenters. The molecule has 0 fully saturated rings. The second kappa shape index (κ2) is 6.67. The maximum absolute atomic E-state index is 10.9. The van der Waals surface area contributed by atoms with Gasteiger partial charge in [-0.3, -0.25) is 9.78 Å². The van der Waals surface area contributed by atoms with Gasteiger partial charge in [-0.2, -0.15) is 4.98 Å². The molecular formula is C11H17N3O3. The molecule has 0 aromatic carbocycles. The third-order valence-electron chi connectivity index (χ3n) is 1.83. The Kier molecular flexibility index (Phi) is 5.19. The van der Waals surface area contributed by atoms with Gasteiger partial charge < -0.3 is 14.8 Å². The Bertz CT molecular complexity index is 369. The predicted molar refractivity (Wildman–Crippen MR) is 62.9 cm³/mol. The lowest BCUT2D eigenvalue weighted by atomic mass is 10.4. The molecule has 0 radical (unpaired) electrons. The summed E-state index contributed by atoms with van der Waals surface area (Å²) in [7, 11) is 1.36. The molecule has 1 heterocycles. The van der Waals surface area contributed by atoms with Gasteiger partial charge in [-0.1, -0.05) is 0 Å². The van der Waals surface area contributed by atoms with Crippen molar-refractivity contribution in [3.05, 3.63) is 12.4 Å². The first-order valence-electron chi connectivity index (χ1n) is 5.41. The smallest absolute Gasteiger partial charge is 0.307 e. The van der Waals surface area contributed by atoms with Gasteiger partial charge in [0.2, 0.25) is 5.88 Å².